The molecule has 2 heterocycles. The van der Waals surface area contributed by atoms with Gasteiger partial charge in [-0.15, -0.1) is 0 Å². The highest BCUT2D eigenvalue weighted by Gasteiger charge is 2.35. The number of pyridine rings is 1. The number of hydrogen-bond donors (Lipinski definition) is 0. The predicted octanol–water partition coefficient (Wildman–Crippen LogP) is 2.09. The highest BCUT2D eigenvalue weighted by Crippen LogP contribution is 2.29. The minimum atomic E-state index is -3.40. The van der Waals surface area contributed by atoms with Crippen LogP contribution in [0.4, 0.5) is 0 Å². The van der Waals surface area contributed by atoms with E-state index in [1.807, 2.05) is 36.4 Å². The first-order valence-corrected chi connectivity index (χ1v) is 9.46. The molecule has 1 aromatic heterocycles. The molecular formula is C18H18N2O3S. The smallest absolute Gasteiger partial charge is 0.211 e. The Hall–Kier alpha value is -2.31. The first-order chi connectivity index (χ1) is 11.4. The highest BCUT2D eigenvalue weighted by atomic mass is 32.2. The number of benzene rings is 1. The van der Waals surface area contributed by atoms with Crippen molar-refractivity contribution in [3.8, 4) is 0 Å². The average molecular weight is 342 g/mol. The number of piperidine rings is 1. The number of carbonyl (C=O) groups is 1. The minimum Gasteiger partial charge on any atom is -0.294 e. The zero-order valence-corrected chi connectivity index (χ0v) is 14.1. The number of hydrogen-bond acceptors (Lipinski definition) is 4. The van der Waals surface area contributed by atoms with Crippen LogP contribution in [-0.4, -0.2) is 42.8 Å². The summed E-state index contributed by atoms with van der Waals surface area (Å²) in [5.41, 5.74) is 1.92. The number of ketones is 1. The maximum atomic E-state index is 12.9. The molecule has 2 aromatic rings. The summed E-state index contributed by atoms with van der Waals surface area (Å²) in [6.45, 7) is 0.249. The van der Waals surface area contributed by atoms with Gasteiger partial charge in [-0.3, -0.25) is 9.78 Å². The fourth-order valence-electron chi connectivity index (χ4n) is 2.79. The topological polar surface area (TPSA) is 67.3 Å². The molecule has 1 aromatic carbocycles. The lowest BCUT2D eigenvalue weighted by molar-refractivity contribution is -0.118. The lowest BCUT2D eigenvalue weighted by atomic mass is 9.87. The van der Waals surface area contributed by atoms with E-state index in [9.17, 15) is 13.2 Å². The standard InChI is InChI=1S/C18H18N2O3S/c1-24(22,23)20-12-15(11-16-9-5-6-10-19-16)18(21)17(13-20)14-7-3-2-4-8-14/h2-11,17H,12-13H2,1H3. The van der Waals surface area contributed by atoms with Gasteiger partial charge in [0.1, 0.15) is 0 Å². The van der Waals surface area contributed by atoms with Gasteiger partial charge in [-0.1, -0.05) is 36.4 Å². The summed E-state index contributed by atoms with van der Waals surface area (Å²) >= 11 is 0. The van der Waals surface area contributed by atoms with E-state index in [0.29, 0.717) is 11.3 Å². The Balaban J connectivity index is 2.02. The maximum Gasteiger partial charge on any atom is 0.211 e. The third-order valence-corrected chi connectivity index (χ3v) is 5.26. The van der Waals surface area contributed by atoms with Crippen LogP contribution in [0.2, 0.25) is 0 Å². The molecule has 0 amide bonds. The van der Waals surface area contributed by atoms with Gasteiger partial charge in [0.25, 0.3) is 0 Å². The van der Waals surface area contributed by atoms with Gasteiger partial charge in [-0.25, -0.2) is 8.42 Å². The van der Waals surface area contributed by atoms with E-state index in [4.69, 9.17) is 0 Å². The molecule has 1 saturated heterocycles. The third kappa shape index (κ3) is 3.60. The summed E-state index contributed by atoms with van der Waals surface area (Å²) in [5.74, 6) is -0.545. The van der Waals surface area contributed by atoms with Crippen LogP contribution in [0.3, 0.4) is 0 Å². The molecule has 0 aliphatic carbocycles. The number of rotatable bonds is 3. The SMILES string of the molecule is CS(=O)(=O)N1CC(=Cc2ccccn2)C(=O)C(c2ccccc2)C1. The molecule has 0 bridgehead atoms. The van der Waals surface area contributed by atoms with E-state index in [2.05, 4.69) is 4.98 Å². The van der Waals surface area contributed by atoms with Crippen LogP contribution in [0.25, 0.3) is 6.08 Å². The van der Waals surface area contributed by atoms with Crippen molar-refractivity contribution in [1.29, 1.82) is 0 Å². The van der Waals surface area contributed by atoms with Crippen molar-refractivity contribution in [2.45, 2.75) is 5.92 Å². The normalized spacial score (nSPS) is 21.1. The van der Waals surface area contributed by atoms with Crippen molar-refractivity contribution in [3.63, 3.8) is 0 Å². The fourth-order valence-corrected chi connectivity index (χ4v) is 3.59. The van der Waals surface area contributed by atoms with Crippen LogP contribution < -0.4 is 0 Å². The molecule has 0 saturated carbocycles. The number of aromatic nitrogens is 1. The van der Waals surface area contributed by atoms with Gasteiger partial charge >= 0.3 is 0 Å². The van der Waals surface area contributed by atoms with Crippen molar-refractivity contribution in [2.75, 3.05) is 19.3 Å². The molecule has 1 fully saturated rings. The predicted molar refractivity (Wildman–Crippen MR) is 92.8 cm³/mol. The van der Waals surface area contributed by atoms with Crippen LogP contribution in [-0.2, 0) is 14.8 Å². The highest BCUT2D eigenvalue weighted by molar-refractivity contribution is 7.88. The quantitative estimate of drug-likeness (QED) is 0.801. The molecule has 24 heavy (non-hydrogen) atoms. The van der Waals surface area contributed by atoms with Gasteiger partial charge in [0.15, 0.2) is 5.78 Å². The Morgan fingerprint density at radius 1 is 1.12 bits per heavy atom. The molecule has 0 spiro atoms. The summed E-state index contributed by atoms with van der Waals surface area (Å²) < 4.78 is 25.4. The van der Waals surface area contributed by atoms with Crippen molar-refractivity contribution in [1.82, 2.24) is 9.29 Å². The Morgan fingerprint density at radius 2 is 1.83 bits per heavy atom. The van der Waals surface area contributed by atoms with Gasteiger partial charge in [-0.2, -0.15) is 4.31 Å². The number of carbonyl (C=O) groups excluding carboxylic acids is 1. The molecule has 3 rings (SSSR count). The van der Waals surface area contributed by atoms with Gasteiger partial charge in [0.05, 0.1) is 17.9 Å². The first-order valence-electron chi connectivity index (χ1n) is 7.61. The molecule has 0 N–H and O–H groups in total. The Labute approximate surface area is 141 Å². The van der Waals surface area contributed by atoms with E-state index in [0.717, 1.165) is 5.56 Å². The van der Waals surface area contributed by atoms with Crippen LogP contribution in [0, 0.1) is 0 Å². The van der Waals surface area contributed by atoms with Crippen LogP contribution >= 0.6 is 0 Å². The molecule has 1 aliphatic rings. The summed E-state index contributed by atoms with van der Waals surface area (Å²) in [5, 5.41) is 0. The van der Waals surface area contributed by atoms with E-state index in [-0.39, 0.29) is 18.9 Å². The summed E-state index contributed by atoms with van der Waals surface area (Å²) in [6.07, 6.45) is 4.49. The first kappa shape index (κ1) is 16.5. The second-order valence-electron chi connectivity index (χ2n) is 5.81. The van der Waals surface area contributed by atoms with Crippen molar-refractivity contribution in [3.05, 3.63) is 71.6 Å². The monoisotopic (exact) mass is 342 g/mol. The third-order valence-electron chi connectivity index (χ3n) is 4.05. The zero-order valence-electron chi connectivity index (χ0n) is 13.3. The number of Topliss-reactive ketones (excluding diaryl/α,β-unsaturated/α-hetero) is 1. The lowest BCUT2D eigenvalue weighted by Crippen LogP contribution is -2.44. The summed E-state index contributed by atoms with van der Waals surface area (Å²) in [7, 11) is -3.40. The van der Waals surface area contributed by atoms with Crippen LogP contribution in [0.1, 0.15) is 17.2 Å². The molecule has 0 radical (unpaired) electrons. The molecule has 124 valence electrons. The minimum absolute atomic E-state index is 0.0493. The molecule has 1 atom stereocenters. The van der Waals surface area contributed by atoms with E-state index in [1.165, 1.54) is 10.6 Å². The Bertz CT molecular complexity index is 862. The van der Waals surface area contributed by atoms with E-state index >= 15 is 0 Å². The maximum absolute atomic E-state index is 12.9. The largest absolute Gasteiger partial charge is 0.294 e. The average Bonchev–Trinajstić information content (AvgIpc) is 2.57. The fraction of sp³-hybridized carbons (Fsp3) is 0.222. The second-order valence-corrected chi connectivity index (χ2v) is 7.79. The molecular weight excluding hydrogens is 324 g/mol. The molecule has 5 nitrogen and oxygen atoms in total. The van der Waals surface area contributed by atoms with Crippen molar-refractivity contribution in [2.24, 2.45) is 0 Å². The summed E-state index contributed by atoms with van der Waals surface area (Å²) in [4.78, 5) is 17.1. The van der Waals surface area contributed by atoms with E-state index < -0.39 is 15.9 Å². The lowest BCUT2D eigenvalue weighted by Gasteiger charge is -2.32. The van der Waals surface area contributed by atoms with Gasteiger partial charge in [-0.05, 0) is 23.8 Å². The zero-order chi connectivity index (χ0) is 17.2. The number of sulfonamides is 1. The van der Waals surface area contributed by atoms with Crippen molar-refractivity contribution < 1.29 is 13.2 Å². The van der Waals surface area contributed by atoms with E-state index in [1.54, 1.807) is 24.4 Å². The van der Waals surface area contributed by atoms with Gasteiger partial charge in [0, 0.05) is 24.9 Å². The molecule has 1 unspecified atom stereocenters. The van der Waals surface area contributed by atoms with Gasteiger partial charge < -0.3 is 0 Å². The Kier molecular flexibility index (Phi) is 4.59. The van der Waals surface area contributed by atoms with Crippen LogP contribution in [0.15, 0.2) is 60.3 Å². The molecule has 1 aliphatic heterocycles. The number of nitrogens with zero attached hydrogens (tertiary/aromatic N) is 2. The van der Waals surface area contributed by atoms with Crippen molar-refractivity contribution >= 4 is 21.9 Å². The second kappa shape index (κ2) is 6.67. The molecule has 6 heteroatoms. The Morgan fingerprint density at radius 3 is 2.46 bits per heavy atom. The van der Waals surface area contributed by atoms with Gasteiger partial charge in [0.2, 0.25) is 10.0 Å². The summed E-state index contributed by atoms with van der Waals surface area (Å²) in [6, 6.07) is 14.7. The van der Waals surface area contributed by atoms with Crippen LogP contribution in [0.5, 0.6) is 0 Å².